The molecule has 1 spiro atoms. The van der Waals surface area contributed by atoms with E-state index in [0.717, 1.165) is 12.0 Å². The van der Waals surface area contributed by atoms with E-state index in [1.54, 1.807) is 39.8 Å². The van der Waals surface area contributed by atoms with Gasteiger partial charge in [0.1, 0.15) is 6.04 Å². The minimum atomic E-state index is -0.848. The van der Waals surface area contributed by atoms with Crippen LogP contribution in [0.4, 0.5) is 5.69 Å². The van der Waals surface area contributed by atoms with Crippen LogP contribution in [0.5, 0.6) is 0 Å². The number of hydrogen-bond acceptors (Lipinski definition) is 6. The third-order valence-corrected chi connectivity index (χ3v) is 10.2. The number of fused-ring (bicyclic) bond motifs is 1. The highest BCUT2D eigenvalue weighted by atomic mass is 35.5. The van der Waals surface area contributed by atoms with E-state index in [2.05, 4.69) is 13.2 Å². The van der Waals surface area contributed by atoms with Gasteiger partial charge < -0.3 is 19.6 Å². The van der Waals surface area contributed by atoms with Gasteiger partial charge in [-0.1, -0.05) is 42.8 Å². The molecule has 3 saturated heterocycles. The van der Waals surface area contributed by atoms with Gasteiger partial charge in [0.25, 0.3) is 5.91 Å². The van der Waals surface area contributed by atoms with Crippen LogP contribution in [0.1, 0.15) is 38.2 Å². The van der Waals surface area contributed by atoms with Crippen molar-refractivity contribution in [1.82, 2.24) is 4.90 Å². The van der Waals surface area contributed by atoms with Gasteiger partial charge in [-0.25, -0.2) is 0 Å². The van der Waals surface area contributed by atoms with E-state index in [9.17, 15) is 19.5 Å². The van der Waals surface area contributed by atoms with Gasteiger partial charge in [-0.2, -0.15) is 0 Å². The summed E-state index contributed by atoms with van der Waals surface area (Å²) in [6.07, 6.45) is 5.68. The molecule has 2 bridgehead atoms. The highest BCUT2D eigenvalue weighted by Crippen LogP contribution is 2.67. The number of anilines is 1. The number of amides is 2. The fourth-order valence-corrected chi connectivity index (χ4v) is 8.83. The molecule has 4 rings (SSSR count). The van der Waals surface area contributed by atoms with Crippen molar-refractivity contribution in [3.63, 3.8) is 0 Å². The van der Waals surface area contributed by atoms with Gasteiger partial charge >= 0.3 is 5.97 Å². The number of aryl methyl sites for hydroxylation is 1. The summed E-state index contributed by atoms with van der Waals surface area (Å²) in [7, 11) is 0. The fraction of sp³-hybridized carbons (Fsp3) is 0.536. The lowest BCUT2D eigenvalue weighted by atomic mass is 9.71. The highest BCUT2D eigenvalue weighted by molar-refractivity contribution is 8.02. The lowest BCUT2D eigenvalue weighted by Gasteiger charge is -2.39. The summed E-state index contributed by atoms with van der Waals surface area (Å²) in [5.41, 5.74) is 1.41. The van der Waals surface area contributed by atoms with Gasteiger partial charge in [0.05, 0.1) is 46.5 Å². The van der Waals surface area contributed by atoms with E-state index in [0.29, 0.717) is 30.0 Å². The first kappa shape index (κ1) is 27.7. The van der Waals surface area contributed by atoms with Crippen LogP contribution < -0.4 is 4.90 Å². The summed E-state index contributed by atoms with van der Waals surface area (Å²) < 4.78 is 4.75. The molecule has 200 valence electrons. The number of likely N-dealkylation sites (tertiary alicyclic amines) is 1. The first-order valence-corrected chi connectivity index (χ1v) is 14.1. The Hall–Kier alpha value is -2.29. The van der Waals surface area contributed by atoms with E-state index in [4.69, 9.17) is 16.3 Å². The van der Waals surface area contributed by atoms with Gasteiger partial charge in [-0.15, -0.1) is 24.9 Å². The summed E-state index contributed by atoms with van der Waals surface area (Å²) in [6, 6.07) is 4.06. The number of hydrogen-bond donors (Lipinski definition) is 1. The van der Waals surface area contributed by atoms with Crippen LogP contribution in [-0.2, 0) is 19.1 Å². The van der Waals surface area contributed by atoms with Gasteiger partial charge in [-0.3, -0.25) is 14.4 Å². The third-order valence-electron chi connectivity index (χ3n) is 7.92. The zero-order valence-corrected chi connectivity index (χ0v) is 23.0. The maximum atomic E-state index is 14.5. The zero-order valence-electron chi connectivity index (χ0n) is 21.4. The number of aliphatic hydroxyl groups excluding tert-OH is 1. The van der Waals surface area contributed by atoms with Crippen molar-refractivity contribution in [1.29, 1.82) is 0 Å². The molecule has 37 heavy (non-hydrogen) atoms. The number of thioether (sulfide) groups is 1. The lowest BCUT2D eigenvalue weighted by molar-refractivity contribution is -0.154. The summed E-state index contributed by atoms with van der Waals surface area (Å²) in [5, 5.41) is 10.6. The van der Waals surface area contributed by atoms with Crippen molar-refractivity contribution in [2.45, 2.75) is 61.6 Å². The van der Waals surface area contributed by atoms with Crippen molar-refractivity contribution in [3.8, 4) is 0 Å². The summed E-state index contributed by atoms with van der Waals surface area (Å²) >= 11 is 8.16. The number of carbonyl (C=O) groups is 3. The molecule has 0 aromatic heterocycles. The molecule has 0 saturated carbocycles. The number of ether oxygens (including phenoxy) is 1. The van der Waals surface area contributed by atoms with Crippen molar-refractivity contribution in [2.75, 3.05) is 24.7 Å². The maximum Gasteiger partial charge on any atom is 0.310 e. The topological polar surface area (TPSA) is 87.1 Å². The molecule has 1 aromatic carbocycles. The number of carbonyl (C=O) groups excluding carboxylic acids is 3. The molecule has 3 aliphatic rings. The molecular formula is C28H35ClN2O5S. The molecule has 3 heterocycles. The Kier molecular flexibility index (Phi) is 8.41. The van der Waals surface area contributed by atoms with Crippen LogP contribution in [0, 0.1) is 18.8 Å². The SMILES string of the molecule is C=CCCOC(=O)[C@@H]1[C@H]2C(=O)N([C@@H](CC)CO)C(C(=O)N(CC=C)c3c(C)cccc3Cl)C23CC[C@H]1S3. The van der Waals surface area contributed by atoms with Crippen LogP contribution in [0.15, 0.2) is 43.5 Å². The number of nitrogens with zero attached hydrogens (tertiary/aromatic N) is 2. The number of halogens is 1. The molecule has 0 aliphatic carbocycles. The second kappa shape index (κ2) is 11.2. The number of esters is 1. The standard InChI is InChI=1S/C28H35ClN2O5S/c1-5-8-15-36-27(35)21-20-12-13-28(37-20)22(21)25(33)31(18(7-3)16-32)24(28)26(34)30(14-6-2)23-17(4)10-9-11-19(23)29/h5-6,9-11,18,20-22,24,32H,1-2,7-8,12-16H2,3-4H3/t18-,20+,21-,22-,24?,28?/m0/s1. The van der Waals surface area contributed by atoms with Gasteiger partial charge in [0.15, 0.2) is 0 Å². The summed E-state index contributed by atoms with van der Waals surface area (Å²) in [6.45, 7) is 11.4. The van der Waals surface area contributed by atoms with E-state index in [1.165, 1.54) is 0 Å². The Bertz CT molecular complexity index is 1070. The minimum Gasteiger partial charge on any atom is -0.465 e. The number of aliphatic hydroxyl groups is 1. The first-order valence-electron chi connectivity index (χ1n) is 12.8. The van der Waals surface area contributed by atoms with E-state index in [1.807, 2.05) is 26.0 Å². The molecule has 1 aromatic rings. The first-order chi connectivity index (χ1) is 17.8. The van der Waals surface area contributed by atoms with Crippen molar-refractivity contribution in [2.24, 2.45) is 11.8 Å². The molecule has 3 fully saturated rings. The van der Waals surface area contributed by atoms with Crippen LogP contribution in [0.2, 0.25) is 5.02 Å². The van der Waals surface area contributed by atoms with Gasteiger partial charge in [0.2, 0.25) is 5.91 Å². The minimum absolute atomic E-state index is 0.0910. The second-order valence-corrected chi connectivity index (χ2v) is 11.9. The molecule has 2 amide bonds. The normalized spacial score (nSPS) is 28.6. The zero-order chi connectivity index (χ0) is 26.9. The van der Waals surface area contributed by atoms with Crippen molar-refractivity contribution >= 4 is 46.8 Å². The smallest absolute Gasteiger partial charge is 0.310 e. The number of benzene rings is 1. The van der Waals surface area contributed by atoms with Gasteiger partial charge in [-0.05, 0) is 44.2 Å². The molecule has 7 nitrogen and oxygen atoms in total. The summed E-state index contributed by atoms with van der Waals surface area (Å²) in [4.78, 5) is 45.0. The predicted octanol–water partition coefficient (Wildman–Crippen LogP) is 4.15. The predicted molar refractivity (Wildman–Crippen MR) is 147 cm³/mol. The van der Waals surface area contributed by atoms with Crippen molar-refractivity contribution < 1.29 is 24.2 Å². The maximum absolute atomic E-state index is 14.5. The molecule has 0 radical (unpaired) electrons. The molecule has 3 aliphatic heterocycles. The number of rotatable bonds is 11. The molecular weight excluding hydrogens is 512 g/mol. The Labute approximate surface area is 227 Å². The lowest BCUT2D eigenvalue weighted by Crippen LogP contribution is -2.57. The monoisotopic (exact) mass is 546 g/mol. The Morgan fingerprint density at radius 2 is 2.14 bits per heavy atom. The van der Waals surface area contributed by atoms with Crippen LogP contribution in [-0.4, -0.2) is 69.6 Å². The van der Waals surface area contributed by atoms with Crippen LogP contribution in [0.25, 0.3) is 0 Å². The van der Waals surface area contributed by atoms with E-state index < -0.39 is 34.6 Å². The average molecular weight is 547 g/mol. The second-order valence-electron chi connectivity index (χ2n) is 9.93. The Morgan fingerprint density at radius 3 is 2.76 bits per heavy atom. The molecule has 2 unspecified atom stereocenters. The largest absolute Gasteiger partial charge is 0.465 e. The summed E-state index contributed by atoms with van der Waals surface area (Å²) in [5.74, 6) is -2.22. The Balaban J connectivity index is 1.80. The van der Waals surface area contributed by atoms with E-state index in [-0.39, 0.29) is 36.8 Å². The third kappa shape index (κ3) is 4.51. The molecule has 9 heteroatoms. The highest BCUT2D eigenvalue weighted by Gasteiger charge is 2.74. The quantitative estimate of drug-likeness (QED) is 0.255. The fourth-order valence-electron chi connectivity index (χ4n) is 6.32. The Morgan fingerprint density at radius 1 is 1.38 bits per heavy atom. The van der Waals surface area contributed by atoms with Crippen LogP contribution in [0.3, 0.4) is 0 Å². The van der Waals surface area contributed by atoms with E-state index >= 15 is 0 Å². The molecule has 1 N–H and O–H groups in total. The molecule has 6 atom stereocenters. The number of para-hydroxylation sites is 1. The van der Waals surface area contributed by atoms with Crippen LogP contribution >= 0.6 is 23.4 Å². The average Bonchev–Trinajstić information content (AvgIpc) is 3.52. The van der Waals surface area contributed by atoms with Crippen molar-refractivity contribution in [3.05, 3.63) is 54.1 Å². The van der Waals surface area contributed by atoms with Gasteiger partial charge in [0, 0.05) is 11.8 Å².